The lowest BCUT2D eigenvalue weighted by Gasteiger charge is -2.37. The van der Waals surface area contributed by atoms with Crippen LogP contribution < -0.4 is 19.3 Å². The van der Waals surface area contributed by atoms with Crippen molar-refractivity contribution in [2.75, 3.05) is 37.1 Å². The fourth-order valence-electron chi connectivity index (χ4n) is 6.86. The van der Waals surface area contributed by atoms with Gasteiger partial charge < -0.3 is 14.4 Å². The number of nitrogens with zero attached hydrogens (tertiary/aromatic N) is 3. The van der Waals surface area contributed by atoms with Crippen LogP contribution in [-0.2, 0) is 19.9 Å². The second kappa shape index (κ2) is 7.30. The molecule has 0 aliphatic carbocycles. The molecule has 8 nitrogen and oxygen atoms in total. The number of hydrogen-bond acceptors (Lipinski definition) is 6. The van der Waals surface area contributed by atoms with Crippen molar-refractivity contribution in [3.63, 3.8) is 0 Å². The molecule has 1 spiro atoms. The molecule has 0 unspecified atom stereocenters. The fraction of sp³-hybridized carbons (Fsp3) is 0.423. The van der Waals surface area contributed by atoms with E-state index >= 15 is 0 Å². The van der Waals surface area contributed by atoms with Gasteiger partial charge in [0, 0.05) is 29.9 Å². The number of likely N-dealkylation sites (N-methyl/N-ethyl adjacent to an activating group) is 1. The first-order valence-corrected chi connectivity index (χ1v) is 11.8. The molecule has 4 aliphatic heterocycles. The number of amides is 3. The largest absolute Gasteiger partial charge is 0.497 e. The number of ether oxygens (including phenoxy) is 2. The normalized spacial score (nSPS) is 29.7. The van der Waals surface area contributed by atoms with Crippen LogP contribution in [0.1, 0.15) is 25.3 Å². The topological polar surface area (TPSA) is 79.4 Å². The van der Waals surface area contributed by atoms with E-state index in [-0.39, 0.29) is 23.8 Å². The van der Waals surface area contributed by atoms with Crippen molar-refractivity contribution >= 4 is 29.1 Å². The number of carbonyl (C=O) groups excluding carboxylic acids is 3. The van der Waals surface area contributed by atoms with E-state index in [0.29, 0.717) is 30.3 Å². The van der Waals surface area contributed by atoms with Gasteiger partial charge in [-0.1, -0.05) is 18.2 Å². The molecule has 4 heterocycles. The molecule has 176 valence electrons. The Morgan fingerprint density at radius 2 is 1.79 bits per heavy atom. The monoisotopic (exact) mass is 461 g/mol. The van der Waals surface area contributed by atoms with Crippen molar-refractivity contribution in [3.8, 4) is 11.5 Å². The van der Waals surface area contributed by atoms with E-state index in [0.717, 1.165) is 24.1 Å². The summed E-state index contributed by atoms with van der Waals surface area (Å²) in [7, 11) is 3.04. The Hall–Kier alpha value is -3.39. The number of carbonyl (C=O) groups is 3. The average Bonchev–Trinajstić information content (AvgIpc) is 3.56. The summed E-state index contributed by atoms with van der Waals surface area (Å²) in [6.07, 6.45) is 1.67. The summed E-state index contributed by atoms with van der Waals surface area (Å²) in [4.78, 5) is 47.5. The molecular weight excluding hydrogens is 434 g/mol. The Kier molecular flexibility index (Phi) is 4.55. The van der Waals surface area contributed by atoms with Gasteiger partial charge in [-0.3, -0.25) is 19.3 Å². The quantitative estimate of drug-likeness (QED) is 0.652. The molecule has 4 atom stereocenters. The molecule has 0 aromatic heterocycles. The van der Waals surface area contributed by atoms with Crippen molar-refractivity contribution in [3.05, 3.63) is 48.0 Å². The van der Waals surface area contributed by atoms with Gasteiger partial charge in [-0.25, -0.2) is 4.90 Å². The van der Waals surface area contributed by atoms with Gasteiger partial charge in [-0.05, 0) is 44.5 Å². The Labute approximate surface area is 198 Å². The van der Waals surface area contributed by atoms with Gasteiger partial charge in [0.1, 0.15) is 17.0 Å². The Balaban J connectivity index is 1.56. The van der Waals surface area contributed by atoms with E-state index < -0.39 is 17.4 Å². The molecule has 4 aliphatic rings. The zero-order valence-corrected chi connectivity index (χ0v) is 19.5. The standard InChI is InChI=1S/C26H27N3O5/c1-4-27-17-9-6-5-8-16(17)26(25(27)32)22-21(18-10-7-13-28(18)26)23(30)29(24(22)31)19-14-15(33-2)11-12-20(19)34-3/h5-6,8-9,11-12,14,18,21-22H,4,7,10,13H2,1-3H3/t18-,21-,22-,26-/m1/s1. The predicted molar refractivity (Wildman–Crippen MR) is 125 cm³/mol. The lowest BCUT2D eigenvalue weighted by atomic mass is 9.75. The van der Waals surface area contributed by atoms with Crippen LogP contribution in [0.4, 0.5) is 11.4 Å². The molecule has 0 N–H and O–H groups in total. The maximum Gasteiger partial charge on any atom is 0.253 e. The van der Waals surface area contributed by atoms with Gasteiger partial charge >= 0.3 is 0 Å². The van der Waals surface area contributed by atoms with Gasteiger partial charge in [-0.15, -0.1) is 0 Å². The predicted octanol–water partition coefficient (Wildman–Crippen LogP) is 2.55. The Morgan fingerprint density at radius 1 is 1.00 bits per heavy atom. The van der Waals surface area contributed by atoms with Crippen LogP contribution in [0.5, 0.6) is 11.5 Å². The molecule has 3 amide bonds. The molecule has 2 aromatic carbocycles. The van der Waals surface area contributed by atoms with Gasteiger partial charge in [0.05, 0.1) is 31.7 Å². The van der Waals surface area contributed by atoms with E-state index in [2.05, 4.69) is 4.90 Å². The number of methoxy groups -OCH3 is 2. The van der Waals surface area contributed by atoms with Crippen molar-refractivity contribution < 1.29 is 23.9 Å². The lowest BCUT2D eigenvalue weighted by Crippen LogP contribution is -2.56. The number of para-hydroxylation sites is 1. The van der Waals surface area contributed by atoms with Gasteiger partial charge in [0.15, 0.2) is 0 Å². The smallest absolute Gasteiger partial charge is 0.253 e. The highest BCUT2D eigenvalue weighted by Gasteiger charge is 2.75. The third kappa shape index (κ3) is 2.34. The maximum absolute atomic E-state index is 14.2. The molecular formula is C26H27N3O5. The first-order chi connectivity index (χ1) is 16.5. The molecule has 34 heavy (non-hydrogen) atoms. The minimum Gasteiger partial charge on any atom is -0.497 e. The number of rotatable bonds is 4. The van der Waals surface area contributed by atoms with Gasteiger partial charge in [-0.2, -0.15) is 0 Å². The molecule has 0 bridgehead atoms. The van der Waals surface area contributed by atoms with E-state index in [4.69, 9.17) is 9.47 Å². The van der Waals surface area contributed by atoms with Crippen molar-refractivity contribution in [1.29, 1.82) is 0 Å². The third-order valence-electron chi connectivity index (χ3n) is 8.09. The van der Waals surface area contributed by atoms with Crippen LogP contribution in [0.15, 0.2) is 42.5 Å². The molecule has 3 fully saturated rings. The molecule has 2 aromatic rings. The maximum atomic E-state index is 14.2. The minimum atomic E-state index is -1.16. The minimum absolute atomic E-state index is 0.101. The van der Waals surface area contributed by atoms with E-state index in [1.807, 2.05) is 31.2 Å². The first-order valence-electron chi connectivity index (χ1n) is 11.8. The summed E-state index contributed by atoms with van der Waals surface area (Å²) in [5, 5.41) is 0. The van der Waals surface area contributed by atoms with Crippen LogP contribution in [0.25, 0.3) is 0 Å². The zero-order chi connectivity index (χ0) is 23.8. The number of imide groups is 1. The summed E-state index contributed by atoms with van der Waals surface area (Å²) in [5.74, 6) is -1.16. The summed E-state index contributed by atoms with van der Waals surface area (Å²) >= 11 is 0. The summed E-state index contributed by atoms with van der Waals surface area (Å²) in [6.45, 7) is 3.14. The number of hydrogen-bond donors (Lipinski definition) is 0. The van der Waals surface area contributed by atoms with Gasteiger partial charge in [0.25, 0.3) is 5.91 Å². The summed E-state index contributed by atoms with van der Waals surface area (Å²) in [5.41, 5.74) is 0.865. The van der Waals surface area contributed by atoms with Gasteiger partial charge in [0.2, 0.25) is 11.8 Å². The van der Waals surface area contributed by atoms with Crippen LogP contribution >= 0.6 is 0 Å². The van der Waals surface area contributed by atoms with Crippen LogP contribution in [0.3, 0.4) is 0 Å². The third-order valence-corrected chi connectivity index (χ3v) is 8.09. The van der Waals surface area contributed by atoms with Crippen LogP contribution in [0, 0.1) is 11.8 Å². The number of benzene rings is 2. The summed E-state index contributed by atoms with van der Waals surface area (Å²) < 4.78 is 10.9. The molecule has 3 saturated heterocycles. The SMILES string of the molecule is CCN1C(=O)[C@@]2(c3ccccc31)[C@H]1C(=O)N(c3cc(OC)ccc3OC)C(=O)[C@@H]1[C@H]1CCCN12. The second-order valence-corrected chi connectivity index (χ2v) is 9.29. The molecule has 6 rings (SSSR count). The van der Waals surface area contributed by atoms with Crippen molar-refractivity contribution in [2.24, 2.45) is 11.8 Å². The molecule has 8 heteroatoms. The Morgan fingerprint density at radius 3 is 2.53 bits per heavy atom. The second-order valence-electron chi connectivity index (χ2n) is 9.29. The van der Waals surface area contributed by atoms with Crippen molar-refractivity contribution in [1.82, 2.24) is 4.90 Å². The average molecular weight is 462 g/mol. The first kappa shape index (κ1) is 21.2. The summed E-state index contributed by atoms with van der Waals surface area (Å²) in [6, 6.07) is 12.6. The van der Waals surface area contributed by atoms with Crippen LogP contribution in [0.2, 0.25) is 0 Å². The lowest BCUT2D eigenvalue weighted by molar-refractivity contribution is -0.137. The highest BCUT2D eigenvalue weighted by molar-refractivity contribution is 6.26. The van der Waals surface area contributed by atoms with E-state index in [9.17, 15) is 14.4 Å². The number of anilines is 2. The highest BCUT2D eigenvalue weighted by Crippen LogP contribution is 2.62. The Bertz CT molecular complexity index is 1230. The van der Waals surface area contributed by atoms with E-state index in [1.54, 1.807) is 23.1 Å². The fourth-order valence-corrected chi connectivity index (χ4v) is 6.86. The van der Waals surface area contributed by atoms with Crippen molar-refractivity contribution in [2.45, 2.75) is 31.3 Å². The van der Waals surface area contributed by atoms with E-state index in [1.165, 1.54) is 19.1 Å². The molecule has 0 saturated carbocycles. The zero-order valence-electron chi connectivity index (χ0n) is 19.5. The van der Waals surface area contributed by atoms with Crippen LogP contribution in [-0.4, -0.2) is 56.0 Å². The highest BCUT2D eigenvalue weighted by atomic mass is 16.5. The molecule has 0 radical (unpaired) electrons. The number of fused-ring (bicyclic) bond motifs is 7.